The first kappa shape index (κ1) is 9.65. The van der Waals surface area contributed by atoms with Gasteiger partial charge < -0.3 is 0 Å². The third-order valence-corrected chi connectivity index (χ3v) is 1.84. The van der Waals surface area contributed by atoms with Gasteiger partial charge in [0.05, 0.1) is 0 Å². The van der Waals surface area contributed by atoms with Crippen molar-refractivity contribution in [2.45, 2.75) is 13.8 Å². The number of rotatable bonds is 1. The molecule has 0 radical (unpaired) electrons. The van der Waals surface area contributed by atoms with Gasteiger partial charge in [0.1, 0.15) is 5.84 Å². The van der Waals surface area contributed by atoms with E-state index in [0.29, 0.717) is 0 Å². The Morgan fingerprint density at radius 1 is 1.08 bits per heavy atom. The molecule has 0 bridgehead atoms. The zero-order valence-electron chi connectivity index (χ0n) is 8.28. The smallest absolute Gasteiger partial charge is 0.120 e. The molecule has 0 heterocycles. The fourth-order valence-corrected chi connectivity index (χ4v) is 1.04. The van der Waals surface area contributed by atoms with E-state index in [1.54, 1.807) is 7.05 Å². The molecule has 1 rings (SSSR count). The van der Waals surface area contributed by atoms with E-state index in [1.807, 2.05) is 44.2 Å². The quantitative estimate of drug-likeness (QED) is 0.461. The second-order valence-electron chi connectivity index (χ2n) is 2.83. The Bertz CT molecular complexity index is 323. The minimum absolute atomic E-state index is 0.807. The van der Waals surface area contributed by atoms with Crippen molar-refractivity contribution in [1.29, 1.82) is 0 Å². The molecule has 0 aliphatic carbocycles. The van der Waals surface area contributed by atoms with Crippen molar-refractivity contribution in [3.63, 3.8) is 0 Å². The van der Waals surface area contributed by atoms with Crippen LogP contribution in [0.4, 0.5) is 0 Å². The normalized spacial score (nSPS) is 13.2. The topological polar surface area (TPSA) is 24.7 Å². The molecule has 1 aromatic carbocycles. The summed E-state index contributed by atoms with van der Waals surface area (Å²) >= 11 is 0. The van der Waals surface area contributed by atoms with Gasteiger partial charge in [0, 0.05) is 12.8 Å². The van der Waals surface area contributed by atoms with E-state index in [9.17, 15) is 0 Å². The summed E-state index contributed by atoms with van der Waals surface area (Å²) in [5.74, 6) is 0.807. The number of hydrogen-bond donors (Lipinski definition) is 0. The average Bonchev–Trinajstić information content (AvgIpc) is 2.19. The van der Waals surface area contributed by atoms with Crippen molar-refractivity contribution in [3.8, 4) is 0 Å². The number of nitrogens with zero attached hydrogens (tertiary/aromatic N) is 2. The van der Waals surface area contributed by atoms with Gasteiger partial charge in [0.25, 0.3) is 0 Å². The van der Waals surface area contributed by atoms with Crippen molar-refractivity contribution < 1.29 is 0 Å². The molecule has 68 valence electrons. The summed E-state index contributed by atoms with van der Waals surface area (Å²) in [5.41, 5.74) is 2.15. The molecule has 0 spiro atoms. The highest BCUT2D eigenvalue weighted by Crippen LogP contribution is 2.00. The van der Waals surface area contributed by atoms with Gasteiger partial charge in [-0.15, -0.1) is 0 Å². The first-order valence-electron chi connectivity index (χ1n) is 4.28. The molecule has 0 unspecified atom stereocenters. The molecular weight excluding hydrogens is 160 g/mol. The van der Waals surface area contributed by atoms with Crippen LogP contribution in [0.3, 0.4) is 0 Å². The summed E-state index contributed by atoms with van der Waals surface area (Å²) in [4.78, 5) is 8.32. The van der Waals surface area contributed by atoms with Gasteiger partial charge in [0.2, 0.25) is 0 Å². The van der Waals surface area contributed by atoms with Gasteiger partial charge in [-0.25, -0.2) is 4.99 Å². The Labute approximate surface area is 79.0 Å². The molecule has 0 aromatic heterocycles. The maximum Gasteiger partial charge on any atom is 0.120 e. The van der Waals surface area contributed by atoms with E-state index in [0.717, 1.165) is 17.1 Å². The second kappa shape index (κ2) is 4.55. The fourth-order valence-electron chi connectivity index (χ4n) is 1.04. The number of hydrogen-bond acceptors (Lipinski definition) is 1. The molecule has 0 N–H and O–H groups in total. The number of aliphatic imine (C=N–C) groups is 2. The zero-order chi connectivity index (χ0) is 9.68. The zero-order valence-corrected chi connectivity index (χ0v) is 8.28. The molecule has 0 aliphatic heterocycles. The maximum atomic E-state index is 4.33. The Hall–Kier alpha value is -1.44. The lowest BCUT2D eigenvalue weighted by Gasteiger charge is -1.99. The van der Waals surface area contributed by atoms with Crippen LogP contribution in [0.25, 0.3) is 0 Å². The van der Waals surface area contributed by atoms with Crippen LogP contribution < -0.4 is 0 Å². The predicted octanol–water partition coefficient (Wildman–Crippen LogP) is 2.54. The lowest BCUT2D eigenvalue weighted by molar-refractivity contribution is 1.37. The monoisotopic (exact) mass is 174 g/mol. The van der Waals surface area contributed by atoms with Crippen LogP contribution in [0.2, 0.25) is 0 Å². The molecule has 2 nitrogen and oxygen atoms in total. The SMILES string of the molecule is CN=C(C)N=C(C)c1ccccc1. The molecule has 0 atom stereocenters. The Balaban J connectivity index is 2.92. The van der Waals surface area contributed by atoms with Crippen molar-refractivity contribution >= 4 is 11.5 Å². The van der Waals surface area contributed by atoms with Crippen molar-refractivity contribution in [2.24, 2.45) is 9.98 Å². The lowest BCUT2D eigenvalue weighted by atomic mass is 10.1. The highest BCUT2D eigenvalue weighted by atomic mass is 14.9. The van der Waals surface area contributed by atoms with Gasteiger partial charge in [-0.1, -0.05) is 30.3 Å². The Kier molecular flexibility index (Phi) is 3.38. The predicted molar refractivity (Wildman–Crippen MR) is 57.7 cm³/mol. The highest BCUT2D eigenvalue weighted by molar-refractivity contribution is 6.05. The van der Waals surface area contributed by atoms with Crippen LogP contribution in [-0.2, 0) is 0 Å². The van der Waals surface area contributed by atoms with E-state index >= 15 is 0 Å². The Morgan fingerprint density at radius 2 is 1.69 bits per heavy atom. The fraction of sp³-hybridized carbons (Fsp3) is 0.273. The maximum absolute atomic E-state index is 4.33. The summed E-state index contributed by atoms with van der Waals surface area (Å²) in [7, 11) is 1.75. The van der Waals surface area contributed by atoms with Crippen molar-refractivity contribution in [2.75, 3.05) is 7.05 Å². The largest absolute Gasteiger partial charge is 0.274 e. The van der Waals surface area contributed by atoms with E-state index in [-0.39, 0.29) is 0 Å². The van der Waals surface area contributed by atoms with Crippen LogP contribution in [0.15, 0.2) is 40.3 Å². The number of amidine groups is 1. The van der Waals surface area contributed by atoms with Crippen molar-refractivity contribution in [1.82, 2.24) is 0 Å². The van der Waals surface area contributed by atoms with E-state index < -0.39 is 0 Å². The van der Waals surface area contributed by atoms with Gasteiger partial charge in [-0.3, -0.25) is 4.99 Å². The minimum atomic E-state index is 0.807. The van der Waals surface area contributed by atoms with Gasteiger partial charge >= 0.3 is 0 Å². The summed E-state index contributed by atoms with van der Waals surface area (Å²) in [5, 5.41) is 0. The first-order valence-corrected chi connectivity index (χ1v) is 4.28. The van der Waals surface area contributed by atoms with Crippen LogP contribution in [0, 0.1) is 0 Å². The number of benzene rings is 1. The summed E-state index contributed by atoms with van der Waals surface area (Å²) < 4.78 is 0. The summed E-state index contributed by atoms with van der Waals surface area (Å²) in [6, 6.07) is 10.1. The third-order valence-electron chi connectivity index (χ3n) is 1.84. The molecule has 2 heteroatoms. The van der Waals surface area contributed by atoms with Crippen LogP contribution in [0.5, 0.6) is 0 Å². The molecule has 0 aliphatic rings. The lowest BCUT2D eigenvalue weighted by Crippen LogP contribution is -1.97. The van der Waals surface area contributed by atoms with Crippen LogP contribution in [0.1, 0.15) is 19.4 Å². The van der Waals surface area contributed by atoms with Crippen molar-refractivity contribution in [3.05, 3.63) is 35.9 Å². The van der Waals surface area contributed by atoms with Crippen LogP contribution >= 0.6 is 0 Å². The second-order valence-corrected chi connectivity index (χ2v) is 2.83. The Morgan fingerprint density at radius 3 is 2.23 bits per heavy atom. The van der Waals surface area contributed by atoms with E-state index in [1.165, 1.54) is 0 Å². The average molecular weight is 174 g/mol. The first-order chi connectivity index (χ1) is 6.24. The molecule has 13 heavy (non-hydrogen) atoms. The van der Waals surface area contributed by atoms with Gasteiger partial charge in [0.15, 0.2) is 0 Å². The van der Waals surface area contributed by atoms with Crippen LogP contribution in [-0.4, -0.2) is 18.6 Å². The summed E-state index contributed by atoms with van der Waals surface area (Å²) in [6.45, 7) is 3.89. The standard InChI is InChI=1S/C11H14N2/c1-9(13-10(2)12-3)11-7-5-4-6-8-11/h4-8H,1-3H3. The molecule has 1 aromatic rings. The van der Waals surface area contributed by atoms with Gasteiger partial charge in [-0.2, -0.15) is 0 Å². The molecule has 0 saturated heterocycles. The molecule has 0 amide bonds. The van der Waals surface area contributed by atoms with Gasteiger partial charge in [-0.05, 0) is 19.4 Å². The summed E-state index contributed by atoms with van der Waals surface area (Å²) in [6.07, 6.45) is 0. The van der Waals surface area contributed by atoms with E-state index in [4.69, 9.17) is 0 Å². The minimum Gasteiger partial charge on any atom is -0.274 e. The third kappa shape index (κ3) is 2.82. The molecule has 0 fully saturated rings. The van der Waals surface area contributed by atoms with E-state index in [2.05, 4.69) is 9.98 Å². The highest BCUT2D eigenvalue weighted by Gasteiger charge is 1.94. The molecule has 0 saturated carbocycles. The molecular formula is C11H14N2.